The molecule has 5 rings (SSSR count). The van der Waals surface area contributed by atoms with E-state index in [0.29, 0.717) is 39.0 Å². The molecule has 0 bridgehead atoms. The van der Waals surface area contributed by atoms with E-state index in [-0.39, 0.29) is 11.4 Å². The minimum absolute atomic E-state index is 0.105. The van der Waals surface area contributed by atoms with Gasteiger partial charge in [0.1, 0.15) is 16.9 Å². The molecule has 9 heteroatoms. The van der Waals surface area contributed by atoms with Gasteiger partial charge in [0.05, 0.1) is 29.9 Å². The lowest BCUT2D eigenvalue weighted by molar-refractivity contribution is 0.0600. The zero-order valence-electron chi connectivity index (χ0n) is 19.6. The molecule has 2 heterocycles. The van der Waals surface area contributed by atoms with Crippen molar-refractivity contribution < 1.29 is 14.3 Å². The second-order valence-corrected chi connectivity index (χ2v) is 8.14. The molecular weight excluding hydrogens is 456 g/mol. The quantitative estimate of drug-likeness (QED) is 0.285. The average Bonchev–Trinajstić information content (AvgIpc) is 3.15. The molecule has 0 spiro atoms. The number of aromatic nitrogens is 3. The fourth-order valence-electron chi connectivity index (χ4n) is 3.85. The lowest BCUT2D eigenvalue weighted by Crippen LogP contribution is -2.14. The summed E-state index contributed by atoms with van der Waals surface area (Å²) in [4.78, 5) is 34.4. The number of anilines is 2. The van der Waals surface area contributed by atoms with E-state index in [1.165, 1.54) is 11.8 Å². The van der Waals surface area contributed by atoms with Crippen LogP contribution < -0.4 is 11.1 Å². The number of carbonyl (C=O) groups excluding carboxylic acids is 2. The first kappa shape index (κ1) is 22.7. The molecule has 3 N–H and O–H groups in total. The smallest absolute Gasteiger partial charge is 0.337 e. The van der Waals surface area contributed by atoms with Gasteiger partial charge in [0.25, 0.3) is 5.91 Å². The summed E-state index contributed by atoms with van der Waals surface area (Å²) in [6.45, 7) is 1.94. The van der Waals surface area contributed by atoms with Crippen LogP contribution in [0.15, 0.2) is 77.9 Å². The molecule has 0 unspecified atom stereocenters. The van der Waals surface area contributed by atoms with E-state index in [0.717, 1.165) is 5.56 Å². The number of nitrogen functional groups attached to an aromatic ring is 1. The summed E-state index contributed by atoms with van der Waals surface area (Å²) >= 11 is 0. The number of rotatable bonds is 5. The molecule has 1 amide bonds. The Labute approximate surface area is 206 Å². The lowest BCUT2D eigenvalue weighted by Gasteiger charge is -2.06. The Morgan fingerprint density at radius 2 is 1.72 bits per heavy atom. The highest BCUT2D eigenvalue weighted by Crippen LogP contribution is 2.28. The number of methoxy groups -OCH3 is 1. The van der Waals surface area contributed by atoms with E-state index in [1.54, 1.807) is 36.5 Å². The normalized spacial score (nSPS) is 11.3. The van der Waals surface area contributed by atoms with Gasteiger partial charge in [0.15, 0.2) is 5.65 Å². The molecule has 0 aliphatic rings. The third-order valence-corrected chi connectivity index (χ3v) is 5.63. The van der Waals surface area contributed by atoms with Crippen LogP contribution in [0, 0.1) is 6.92 Å². The highest BCUT2D eigenvalue weighted by Gasteiger charge is 2.24. The highest BCUT2D eigenvalue weighted by atomic mass is 16.5. The monoisotopic (exact) mass is 478 g/mol. The van der Waals surface area contributed by atoms with E-state index >= 15 is 0 Å². The Hall–Kier alpha value is -5.05. The number of carbonyl (C=O) groups is 2. The number of para-hydroxylation sites is 2. The zero-order chi connectivity index (χ0) is 25.2. The van der Waals surface area contributed by atoms with Gasteiger partial charge in [0, 0.05) is 5.69 Å². The first-order valence-electron chi connectivity index (χ1n) is 11.1. The zero-order valence-corrected chi connectivity index (χ0v) is 19.6. The van der Waals surface area contributed by atoms with Crippen molar-refractivity contribution in [2.75, 3.05) is 18.2 Å². The van der Waals surface area contributed by atoms with Gasteiger partial charge in [-0.25, -0.2) is 14.8 Å². The van der Waals surface area contributed by atoms with Crippen molar-refractivity contribution in [3.63, 3.8) is 0 Å². The summed E-state index contributed by atoms with van der Waals surface area (Å²) < 4.78 is 6.13. The van der Waals surface area contributed by atoms with Crippen LogP contribution in [0.1, 0.15) is 31.8 Å². The molecule has 5 aromatic rings. The first-order valence-corrected chi connectivity index (χ1v) is 11.1. The molecule has 36 heavy (non-hydrogen) atoms. The van der Waals surface area contributed by atoms with Crippen LogP contribution in [0.5, 0.6) is 0 Å². The van der Waals surface area contributed by atoms with Crippen molar-refractivity contribution in [2.45, 2.75) is 6.92 Å². The fraction of sp³-hybridized carbons (Fsp3) is 0.0741. The Morgan fingerprint density at radius 3 is 2.42 bits per heavy atom. The number of fused-ring (bicyclic) bond motifs is 2. The average molecular weight is 479 g/mol. The van der Waals surface area contributed by atoms with Crippen LogP contribution in [-0.2, 0) is 4.74 Å². The van der Waals surface area contributed by atoms with Gasteiger partial charge >= 0.3 is 5.97 Å². The SMILES string of the molecule is COC(=O)c1ccc(C=Nn2c(N)c(C(=O)Nc3cccc(C)c3)c3nc4ccccc4nc32)cc1. The second kappa shape index (κ2) is 9.30. The molecule has 2 aromatic heterocycles. The van der Waals surface area contributed by atoms with Gasteiger partial charge in [-0.1, -0.05) is 36.4 Å². The summed E-state index contributed by atoms with van der Waals surface area (Å²) in [6, 6.07) is 21.6. The molecule has 0 saturated carbocycles. The third-order valence-electron chi connectivity index (χ3n) is 5.63. The number of nitrogens with zero attached hydrogens (tertiary/aromatic N) is 4. The van der Waals surface area contributed by atoms with Gasteiger partial charge in [-0.3, -0.25) is 4.79 Å². The summed E-state index contributed by atoms with van der Waals surface area (Å²) in [5.41, 5.74) is 11.4. The van der Waals surface area contributed by atoms with E-state index in [2.05, 4.69) is 20.4 Å². The highest BCUT2D eigenvalue weighted by molar-refractivity contribution is 6.16. The predicted octanol–water partition coefficient (Wildman–Crippen LogP) is 4.40. The van der Waals surface area contributed by atoms with Crippen molar-refractivity contribution >= 4 is 51.8 Å². The molecule has 0 aliphatic carbocycles. The summed E-state index contributed by atoms with van der Waals surface area (Å²) in [7, 11) is 1.33. The molecule has 0 aliphatic heterocycles. The predicted molar refractivity (Wildman–Crippen MR) is 139 cm³/mol. The molecular formula is C27H22N6O3. The largest absolute Gasteiger partial charge is 0.465 e. The Bertz CT molecular complexity index is 1650. The fourth-order valence-corrected chi connectivity index (χ4v) is 3.85. The number of hydrogen-bond donors (Lipinski definition) is 2. The number of esters is 1. The van der Waals surface area contributed by atoms with Gasteiger partial charge in [-0.15, -0.1) is 0 Å². The molecule has 0 saturated heterocycles. The number of amides is 1. The molecule has 0 radical (unpaired) electrons. The van der Waals surface area contributed by atoms with Crippen LogP contribution in [0.25, 0.3) is 22.2 Å². The van der Waals surface area contributed by atoms with Crippen molar-refractivity contribution in [3.05, 3.63) is 95.1 Å². The van der Waals surface area contributed by atoms with E-state index in [4.69, 9.17) is 10.5 Å². The van der Waals surface area contributed by atoms with Crippen LogP contribution in [0.2, 0.25) is 0 Å². The maximum atomic E-state index is 13.3. The minimum atomic E-state index is -0.425. The van der Waals surface area contributed by atoms with Gasteiger partial charge in [-0.05, 0) is 54.4 Å². The second-order valence-electron chi connectivity index (χ2n) is 8.14. The number of benzene rings is 3. The molecule has 178 valence electrons. The summed E-state index contributed by atoms with van der Waals surface area (Å²) in [5.74, 6) is -0.734. The molecule has 0 fully saturated rings. The minimum Gasteiger partial charge on any atom is -0.465 e. The van der Waals surface area contributed by atoms with Gasteiger partial charge < -0.3 is 15.8 Å². The summed E-state index contributed by atoms with van der Waals surface area (Å²) in [5, 5.41) is 7.39. The molecule has 3 aromatic carbocycles. The maximum Gasteiger partial charge on any atom is 0.337 e. The van der Waals surface area contributed by atoms with Gasteiger partial charge in [-0.2, -0.15) is 9.78 Å². The number of ether oxygens (including phenoxy) is 1. The van der Waals surface area contributed by atoms with Crippen molar-refractivity contribution in [3.8, 4) is 0 Å². The molecule has 0 atom stereocenters. The van der Waals surface area contributed by atoms with E-state index in [1.807, 2.05) is 49.4 Å². The van der Waals surface area contributed by atoms with E-state index < -0.39 is 11.9 Å². The standard InChI is InChI=1S/C27H22N6O3/c1-16-6-5-7-19(14-16)30-26(34)22-23-25(32-21-9-4-3-8-20(21)31-23)33(24(22)28)29-15-17-10-12-18(13-11-17)27(35)36-2/h3-15H,28H2,1-2H3,(H,30,34). The maximum absolute atomic E-state index is 13.3. The van der Waals surface area contributed by atoms with Crippen LogP contribution in [-0.4, -0.2) is 39.8 Å². The number of nitrogens with two attached hydrogens (primary N) is 1. The third kappa shape index (κ3) is 4.25. The number of aryl methyl sites for hydroxylation is 1. The Kier molecular flexibility index (Phi) is 5.87. The Morgan fingerprint density at radius 1 is 1.00 bits per heavy atom. The van der Waals surface area contributed by atoms with E-state index in [9.17, 15) is 9.59 Å². The lowest BCUT2D eigenvalue weighted by atomic mass is 10.1. The van der Waals surface area contributed by atoms with Crippen molar-refractivity contribution in [2.24, 2.45) is 5.10 Å². The summed E-state index contributed by atoms with van der Waals surface area (Å²) in [6.07, 6.45) is 1.57. The number of hydrogen-bond acceptors (Lipinski definition) is 7. The first-order chi connectivity index (χ1) is 17.4. The molecule has 9 nitrogen and oxygen atoms in total. The Balaban J connectivity index is 1.60. The van der Waals surface area contributed by atoms with Gasteiger partial charge in [0.2, 0.25) is 0 Å². The van der Waals surface area contributed by atoms with Crippen LogP contribution in [0.4, 0.5) is 11.5 Å². The van der Waals surface area contributed by atoms with Crippen molar-refractivity contribution in [1.29, 1.82) is 0 Å². The van der Waals surface area contributed by atoms with Crippen LogP contribution >= 0.6 is 0 Å². The topological polar surface area (TPSA) is 124 Å². The number of nitrogens with one attached hydrogen (secondary N) is 1. The van der Waals surface area contributed by atoms with Crippen molar-refractivity contribution in [1.82, 2.24) is 14.6 Å². The van der Waals surface area contributed by atoms with Crippen LogP contribution in [0.3, 0.4) is 0 Å².